The van der Waals surface area contributed by atoms with Crippen molar-refractivity contribution >= 4 is 23.8 Å². The Hall–Kier alpha value is -0.930. The number of anilines is 2. The Morgan fingerprint density at radius 2 is 1.95 bits per heavy atom. The fourth-order valence-electron chi connectivity index (χ4n) is 3.14. The molecular weight excluding hydrogens is 270 g/mol. The molecule has 0 radical (unpaired) electrons. The molecule has 2 aliphatic rings. The van der Waals surface area contributed by atoms with Gasteiger partial charge in [0.1, 0.15) is 0 Å². The molecule has 112 valence electrons. The van der Waals surface area contributed by atoms with Gasteiger partial charge in [0.05, 0.1) is 11.4 Å². The third-order valence-electron chi connectivity index (χ3n) is 4.04. The maximum Gasteiger partial charge on any atom is 0.0636 e. The zero-order valence-electron chi connectivity index (χ0n) is 12.7. The number of benzene rings is 1. The maximum absolute atomic E-state index is 6.21. The van der Waals surface area contributed by atoms with Crippen molar-refractivity contribution in [1.82, 2.24) is 0 Å². The van der Waals surface area contributed by atoms with Crippen LogP contribution in [0.3, 0.4) is 0 Å². The van der Waals surface area contributed by atoms with E-state index in [0.717, 1.165) is 25.7 Å². The molecular formula is C16H26ClN3. The summed E-state index contributed by atoms with van der Waals surface area (Å²) in [5.41, 5.74) is 10.3. The van der Waals surface area contributed by atoms with Crippen LogP contribution in [0, 0.1) is 6.92 Å². The van der Waals surface area contributed by atoms with E-state index in [9.17, 15) is 0 Å². The molecule has 1 aromatic carbocycles. The fraction of sp³-hybridized carbons (Fsp3) is 0.625. The van der Waals surface area contributed by atoms with Crippen LogP contribution < -0.4 is 15.5 Å². The second kappa shape index (κ2) is 5.45. The van der Waals surface area contributed by atoms with Gasteiger partial charge in [-0.2, -0.15) is 0 Å². The van der Waals surface area contributed by atoms with Crippen LogP contribution in [0.15, 0.2) is 18.2 Å². The Morgan fingerprint density at radius 3 is 2.55 bits per heavy atom. The van der Waals surface area contributed by atoms with Crippen LogP contribution in [0.4, 0.5) is 11.4 Å². The van der Waals surface area contributed by atoms with Crippen molar-refractivity contribution in [2.24, 2.45) is 5.73 Å². The fourth-order valence-corrected chi connectivity index (χ4v) is 3.14. The summed E-state index contributed by atoms with van der Waals surface area (Å²) < 4.78 is 0. The van der Waals surface area contributed by atoms with Crippen molar-refractivity contribution in [1.29, 1.82) is 0 Å². The molecule has 2 N–H and O–H groups in total. The Balaban J connectivity index is 0.00000147. The average Bonchev–Trinajstić information content (AvgIpc) is 3.12. The summed E-state index contributed by atoms with van der Waals surface area (Å²) in [4.78, 5) is 5.08. The first-order valence-corrected chi connectivity index (χ1v) is 7.36. The zero-order chi connectivity index (χ0) is 13.6. The molecule has 4 heteroatoms. The van der Waals surface area contributed by atoms with Crippen LogP contribution in [-0.4, -0.2) is 31.2 Å². The minimum atomic E-state index is -0.150. The van der Waals surface area contributed by atoms with Crippen molar-refractivity contribution < 1.29 is 0 Å². The molecule has 1 aromatic rings. The van der Waals surface area contributed by atoms with Gasteiger partial charge in [0, 0.05) is 31.2 Å². The lowest BCUT2D eigenvalue weighted by Gasteiger charge is -2.42. The first-order valence-electron chi connectivity index (χ1n) is 7.36. The number of nitrogens with zero attached hydrogens (tertiary/aromatic N) is 2. The van der Waals surface area contributed by atoms with E-state index >= 15 is 0 Å². The quantitative estimate of drug-likeness (QED) is 0.930. The summed E-state index contributed by atoms with van der Waals surface area (Å²) >= 11 is 0. The van der Waals surface area contributed by atoms with Crippen molar-refractivity contribution in [2.45, 2.75) is 45.2 Å². The van der Waals surface area contributed by atoms with Gasteiger partial charge < -0.3 is 15.5 Å². The van der Waals surface area contributed by atoms with Crippen molar-refractivity contribution in [3.8, 4) is 0 Å². The predicted octanol–water partition coefficient (Wildman–Crippen LogP) is 2.94. The van der Waals surface area contributed by atoms with E-state index in [1.807, 2.05) is 0 Å². The Kier molecular flexibility index (Phi) is 4.22. The summed E-state index contributed by atoms with van der Waals surface area (Å²) in [5.74, 6) is 0. The highest BCUT2D eigenvalue weighted by Crippen LogP contribution is 2.42. The molecule has 0 bridgehead atoms. The second-order valence-electron chi connectivity index (χ2n) is 6.78. The predicted molar refractivity (Wildman–Crippen MR) is 89.3 cm³/mol. The van der Waals surface area contributed by atoms with Gasteiger partial charge in [0.2, 0.25) is 0 Å². The number of hydrogen-bond acceptors (Lipinski definition) is 3. The number of aryl methyl sites for hydroxylation is 1. The lowest BCUT2D eigenvalue weighted by atomic mass is 10.0. The molecule has 0 amide bonds. The number of fused-ring (bicyclic) bond motifs is 1. The van der Waals surface area contributed by atoms with Gasteiger partial charge in [-0.1, -0.05) is 12.1 Å². The third kappa shape index (κ3) is 3.04. The van der Waals surface area contributed by atoms with E-state index in [1.165, 1.54) is 29.8 Å². The molecule has 20 heavy (non-hydrogen) atoms. The van der Waals surface area contributed by atoms with E-state index < -0.39 is 0 Å². The molecule has 0 saturated heterocycles. The average molecular weight is 296 g/mol. The Labute approximate surface area is 128 Å². The molecule has 0 atom stereocenters. The third-order valence-corrected chi connectivity index (χ3v) is 4.04. The maximum atomic E-state index is 6.21. The van der Waals surface area contributed by atoms with Crippen LogP contribution in [0.25, 0.3) is 0 Å². The van der Waals surface area contributed by atoms with Gasteiger partial charge in [0.25, 0.3) is 0 Å². The van der Waals surface area contributed by atoms with E-state index in [4.69, 9.17) is 5.73 Å². The number of rotatable bonds is 3. The van der Waals surface area contributed by atoms with Crippen LogP contribution in [-0.2, 0) is 0 Å². The number of para-hydroxylation sites is 1. The van der Waals surface area contributed by atoms with Crippen molar-refractivity contribution in [3.05, 3.63) is 23.8 Å². The van der Waals surface area contributed by atoms with Crippen LogP contribution in [0.5, 0.6) is 0 Å². The van der Waals surface area contributed by atoms with Crippen molar-refractivity contribution in [3.63, 3.8) is 0 Å². The molecule has 1 fully saturated rings. The Bertz CT molecular complexity index is 477. The van der Waals surface area contributed by atoms with Gasteiger partial charge in [0.15, 0.2) is 0 Å². The molecule has 3 rings (SSSR count). The standard InChI is InChI=1S/C16H25N3.ClH/c1-12-5-4-6-14-15(12)19(13-7-8-13)10-9-18(14)11-16(2,3)17;/h4-6,13H,7-11,17H2,1-3H3;1H. The second-order valence-corrected chi connectivity index (χ2v) is 6.78. The molecule has 1 aliphatic carbocycles. The molecule has 0 spiro atoms. The molecule has 1 aliphatic heterocycles. The van der Waals surface area contributed by atoms with Gasteiger partial charge in [-0.15, -0.1) is 12.4 Å². The van der Waals surface area contributed by atoms with Crippen LogP contribution in [0.2, 0.25) is 0 Å². The van der Waals surface area contributed by atoms with E-state index in [1.54, 1.807) is 0 Å². The first kappa shape index (κ1) is 15.5. The van der Waals surface area contributed by atoms with Crippen molar-refractivity contribution in [2.75, 3.05) is 29.4 Å². The highest BCUT2D eigenvalue weighted by Gasteiger charge is 2.35. The van der Waals surface area contributed by atoms with Gasteiger partial charge >= 0.3 is 0 Å². The molecule has 3 nitrogen and oxygen atoms in total. The monoisotopic (exact) mass is 295 g/mol. The van der Waals surface area contributed by atoms with Crippen LogP contribution in [0.1, 0.15) is 32.3 Å². The first-order chi connectivity index (χ1) is 8.96. The lowest BCUT2D eigenvalue weighted by Crippen LogP contribution is -2.50. The highest BCUT2D eigenvalue weighted by molar-refractivity contribution is 5.85. The summed E-state index contributed by atoms with van der Waals surface area (Å²) in [7, 11) is 0. The van der Waals surface area contributed by atoms with E-state index in [2.05, 4.69) is 48.8 Å². The normalized spacial score (nSPS) is 18.6. The topological polar surface area (TPSA) is 32.5 Å². The summed E-state index contributed by atoms with van der Waals surface area (Å²) in [5, 5.41) is 0. The highest BCUT2D eigenvalue weighted by atomic mass is 35.5. The zero-order valence-corrected chi connectivity index (χ0v) is 13.5. The smallest absolute Gasteiger partial charge is 0.0636 e. The molecule has 1 heterocycles. The summed E-state index contributed by atoms with van der Waals surface area (Å²) in [6, 6.07) is 7.43. The number of halogens is 1. The number of nitrogens with two attached hydrogens (primary N) is 1. The van der Waals surface area contributed by atoms with Gasteiger partial charge in [-0.25, -0.2) is 0 Å². The largest absolute Gasteiger partial charge is 0.366 e. The lowest BCUT2D eigenvalue weighted by molar-refractivity contribution is 0.499. The van der Waals surface area contributed by atoms with Gasteiger partial charge in [-0.3, -0.25) is 0 Å². The molecule has 0 aromatic heterocycles. The van der Waals surface area contributed by atoms with E-state index in [-0.39, 0.29) is 17.9 Å². The van der Waals surface area contributed by atoms with Gasteiger partial charge in [-0.05, 0) is 45.2 Å². The molecule has 0 unspecified atom stereocenters. The molecule has 1 saturated carbocycles. The minimum absolute atomic E-state index is 0. The summed E-state index contributed by atoms with van der Waals surface area (Å²) in [6.07, 6.45) is 2.71. The van der Waals surface area contributed by atoms with Crippen LogP contribution >= 0.6 is 12.4 Å². The minimum Gasteiger partial charge on any atom is -0.366 e. The van der Waals surface area contributed by atoms with E-state index in [0.29, 0.717) is 0 Å². The Morgan fingerprint density at radius 1 is 1.25 bits per heavy atom. The summed E-state index contributed by atoms with van der Waals surface area (Å²) in [6.45, 7) is 9.59. The number of hydrogen-bond donors (Lipinski definition) is 1. The SMILES string of the molecule is Cc1cccc2c1N(C1CC1)CCN2CC(C)(C)N.Cl.